The Balaban J connectivity index is 1.52. The zero-order chi connectivity index (χ0) is 23.0. The van der Waals surface area contributed by atoms with Crippen molar-refractivity contribution in [3.8, 4) is 11.5 Å². The number of nitrogens with one attached hydrogen (secondary N) is 1. The highest BCUT2D eigenvalue weighted by Gasteiger charge is 2.50. The van der Waals surface area contributed by atoms with Gasteiger partial charge >= 0.3 is 0 Å². The maximum absolute atomic E-state index is 13.6. The quantitative estimate of drug-likeness (QED) is 0.568. The van der Waals surface area contributed by atoms with E-state index in [4.69, 9.17) is 15.2 Å². The highest BCUT2D eigenvalue weighted by Crippen LogP contribution is 2.54. The van der Waals surface area contributed by atoms with Gasteiger partial charge in [-0.2, -0.15) is 0 Å². The van der Waals surface area contributed by atoms with Crippen LogP contribution in [0.15, 0.2) is 66.7 Å². The second-order valence-electron chi connectivity index (χ2n) is 8.77. The van der Waals surface area contributed by atoms with E-state index in [1.165, 1.54) is 5.56 Å². The van der Waals surface area contributed by atoms with Gasteiger partial charge in [0.2, 0.25) is 5.91 Å². The molecule has 0 radical (unpaired) electrons. The van der Waals surface area contributed by atoms with E-state index in [1.54, 1.807) is 14.2 Å². The van der Waals surface area contributed by atoms with Crippen molar-refractivity contribution in [3.05, 3.63) is 83.4 Å². The van der Waals surface area contributed by atoms with Crippen LogP contribution in [-0.4, -0.2) is 31.6 Å². The minimum atomic E-state index is -0.427. The number of anilines is 2. The lowest BCUT2D eigenvalue weighted by Gasteiger charge is -2.36. The average molecular weight is 444 g/mol. The Kier molecular flexibility index (Phi) is 5.36. The largest absolute Gasteiger partial charge is 0.497 e. The number of hydrogen-bond donors (Lipinski definition) is 2. The van der Waals surface area contributed by atoms with Gasteiger partial charge in [0.15, 0.2) is 0 Å². The van der Waals surface area contributed by atoms with E-state index < -0.39 is 5.54 Å². The Labute approximate surface area is 194 Å². The molecule has 0 saturated carbocycles. The Morgan fingerprint density at radius 1 is 1.06 bits per heavy atom. The van der Waals surface area contributed by atoms with E-state index in [0.29, 0.717) is 19.5 Å². The number of carbonyl (C=O) groups is 1. The van der Waals surface area contributed by atoms with Crippen LogP contribution in [0.3, 0.4) is 0 Å². The average Bonchev–Trinajstić information content (AvgIpc) is 3.08. The number of fused-ring (bicyclic) bond motifs is 3. The van der Waals surface area contributed by atoms with Crippen LogP contribution in [-0.2, 0) is 16.9 Å². The first-order valence-corrected chi connectivity index (χ1v) is 11.3. The standard InChI is InChI=1S/C27H29N3O3/c1-32-19-12-11-18(25(15-19)33-2)17-30-14-13-27(21-8-4-5-9-23(21)28)22(16-26(30)31)20-7-3-6-10-24(20)29-27/h3-12,15,22,29H,13-14,16-17,28H2,1-2H3/t22-,27+/m1/s1. The fourth-order valence-electron chi connectivity index (χ4n) is 5.42. The van der Waals surface area contributed by atoms with Crippen molar-refractivity contribution < 1.29 is 14.3 Å². The Bertz CT molecular complexity index is 1190. The van der Waals surface area contributed by atoms with E-state index in [9.17, 15) is 4.79 Å². The number of benzene rings is 3. The van der Waals surface area contributed by atoms with Gasteiger partial charge in [-0.1, -0.05) is 36.4 Å². The number of nitrogens with two attached hydrogens (primary N) is 1. The number of nitrogens with zero attached hydrogens (tertiary/aromatic N) is 1. The Morgan fingerprint density at radius 3 is 2.64 bits per heavy atom. The second-order valence-corrected chi connectivity index (χ2v) is 8.77. The van der Waals surface area contributed by atoms with Crippen molar-refractivity contribution >= 4 is 17.3 Å². The maximum atomic E-state index is 13.6. The zero-order valence-corrected chi connectivity index (χ0v) is 19.0. The van der Waals surface area contributed by atoms with Crippen LogP contribution < -0.4 is 20.5 Å². The molecule has 2 atom stereocenters. The number of likely N-dealkylation sites (tertiary alicyclic amines) is 1. The molecule has 0 bridgehead atoms. The summed E-state index contributed by atoms with van der Waals surface area (Å²) in [6, 6.07) is 22.0. The first-order chi connectivity index (χ1) is 16.1. The third kappa shape index (κ3) is 3.55. The van der Waals surface area contributed by atoms with Crippen molar-refractivity contribution in [1.29, 1.82) is 0 Å². The lowest BCUT2D eigenvalue weighted by molar-refractivity contribution is -0.131. The normalized spacial score (nSPS) is 21.6. The molecular formula is C27H29N3O3. The van der Waals surface area contributed by atoms with Gasteiger partial charge in [-0.25, -0.2) is 0 Å². The van der Waals surface area contributed by atoms with Gasteiger partial charge in [-0.15, -0.1) is 0 Å². The molecule has 0 unspecified atom stereocenters. The molecule has 3 N–H and O–H groups in total. The molecule has 1 amide bonds. The van der Waals surface area contributed by atoms with Gasteiger partial charge < -0.3 is 25.4 Å². The molecule has 5 rings (SSSR count). The van der Waals surface area contributed by atoms with E-state index in [-0.39, 0.29) is 11.8 Å². The number of rotatable bonds is 5. The van der Waals surface area contributed by atoms with E-state index >= 15 is 0 Å². The minimum Gasteiger partial charge on any atom is -0.497 e. The van der Waals surface area contributed by atoms with Gasteiger partial charge in [0.25, 0.3) is 0 Å². The summed E-state index contributed by atoms with van der Waals surface area (Å²) < 4.78 is 10.9. The second kappa shape index (κ2) is 8.35. The summed E-state index contributed by atoms with van der Waals surface area (Å²) in [6.45, 7) is 1.10. The van der Waals surface area contributed by atoms with Crippen LogP contribution in [0, 0.1) is 0 Å². The maximum Gasteiger partial charge on any atom is 0.223 e. The molecule has 3 aromatic rings. The molecule has 0 aliphatic carbocycles. The summed E-state index contributed by atoms with van der Waals surface area (Å²) >= 11 is 0. The molecule has 170 valence electrons. The highest BCUT2D eigenvalue weighted by molar-refractivity contribution is 5.81. The van der Waals surface area contributed by atoms with E-state index in [2.05, 4.69) is 23.5 Å². The molecule has 2 aliphatic rings. The van der Waals surface area contributed by atoms with Gasteiger partial charge in [-0.05, 0) is 36.2 Å². The molecule has 3 aromatic carbocycles. The summed E-state index contributed by atoms with van der Waals surface area (Å²) in [7, 11) is 3.27. The van der Waals surface area contributed by atoms with E-state index in [0.717, 1.165) is 40.4 Å². The third-order valence-electron chi connectivity index (χ3n) is 7.09. The predicted molar refractivity (Wildman–Crippen MR) is 130 cm³/mol. The first kappa shape index (κ1) is 21.2. The molecular weight excluding hydrogens is 414 g/mol. The SMILES string of the molecule is COc1ccc(CN2CC[C@@]3(c4ccccc4N)Nc4ccccc4[C@H]3CC2=O)c(OC)c1. The molecule has 1 fully saturated rings. The Morgan fingerprint density at radius 2 is 1.85 bits per heavy atom. The molecule has 33 heavy (non-hydrogen) atoms. The summed E-state index contributed by atoms with van der Waals surface area (Å²) in [4.78, 5) is 15.5. The van der Waals surface area contributed by atoms with Crippen molar-refractivity contribution in [2.75, 3.05) is 31.8 Å². The summed E-state index contributed by atoms with van der Waals surface area (Å²) in [5.41, 5.74) is 11.1. The monoisotopic (exact) mass is 443 g/mol. The molecule has 6 heteroatoms. The number of ether oxygens (including phenoxy) is 2. The van der Waals surface area contributed by atoms with Crippen LogP contribution in [0.25, 0.3) is 0 Å². The lowest BCUT2D eigenvalue weighted by atomic mass is 9.74. The fraction of sp³-hybridized carbons (Fsp3) is 0.296. The molecule has 0 aromatic heterocycles. The fourth-order valence-corrected chi connectivity index (χ4v) is 5.42. The van der Waals surface area contributed by atoms with Crippen molar-refractivity contribution in [2.45, 2.75) is 30.8 Å². The zero-order valence-electron chi connectivity index (χ0n) is 19.0. The number of amides is 1. The smallest absolute Gasteiger partial charge is 0.223 e. The summed E-state index contributed by atoms with van der Waals surface area (Å²) in [5.74, 6) is 1.59. The van der Waals surface area contributed by atoms with Crippen LogP contribution in [0.5, 0.6) is 11.5 Å². The van der Waals surface area contributed by atoms with Gasteiger partial charge in [0, 0.05) is 54.0 Å². The molecule has 0 spiro atoms. The topological polar surface area (TPSA) is 76.8 Å². The predicted octanol–water partition coefficient (Wildman–Crippen LogP) is 4.51. The highest BCUT2D eigenvalue weighted by atomic mass is 16.5. The van der Waals surface area contributed by atoms with Gasteiger partial charge in [0.05, 0.1) is 19.8 Å². The number of methoxy groups -OCH3 is 2. The van der Waals surface area contributed by atoms with E-state index in [1.807, 2.05) is 53.4 Å². The first-order valence-electron chi connectivity index (χ1n) is 11.3. The Hall–Kier alpha value is -3.67. The summed E-state index contributed by atoms with van der Waals surface area (Å²) in [5, 5.41) is 3.79. The number of hydrogen-bond acceptors (Lipinski definition) is 5. The van der Waals surface area contributed by atoms with Crippen LogP contribution in [0.2, 0.25) is 0 Å². The number of nitrogen functional groups attached to an aromatic ring is 1. The van der Waals surface area contributed by atoms with Crippen LogP contribution >= 0.6 is 0 Å². The minimum absolute atomic E-state index is 0.00802. The molecule has 2 heterocycles. The van der Waals surface area contributed by atoms with Crippen molar-refractivity contribution in [3.63, 3.8) is 0 Å². The van der Waals surface area contributed by atoms with Crippen molar-refractivity contribution in [2.24, 2.45) is 0 Å². The number of para-hydroxylation sites is 2. The lowest BCUT2D eigenvalue weighted by Crippen LogP contribution is -2.38. The molecule has 6 nitrogen and oxygen atoms in total. The number of carbonyl (C=O) groups excluding carboxylic acids is 1. The molecule has 1 saturated heterocycles. The van der Waals surface area contributed by atoms with Crippen molar-refractivity contribution in [1.82, 2.24) is 4.90 Å². The van der Waals surface area contributed by atoms with Crippen LogP contribution in [0.1, 0.15) is 35.4 Å². The van der Waals surface area contributed by atoms with Gasteiger partial charge in [0.1, 0.15) is 11.5 Å². The van der Waals surface area contributed by atoms with Gasteiger partial charge in [-0.3, -0.25) is 4.79 Å². The molecule has 2 aliphatic heterocycles. The third-order valence-corrected chi connectivity index (χ3v) is 7.09. The van der Waals surface area contributed by atoms with Crippen LogP contribution in [0.4, 0.5) is 11.4 Å². The summed E-state index contributed by atoms with van der Waals surface area (Å²) in [6.07, 6.45) is 1.17.